The maximum Gasteiger partial charge on any atom is 0.225 e. The Hall–Kier alpha value is -0.780. The molecule has 0 spiro atoms. The highest BCUT2D eigenvalue weighted by atomic mass is 35.5. The Bertz CT molecular complexity index is 660. The van der Waals surface area contributed by atoms with Crippen LogP contribution >= 0.6 is 46.1 Å². The van der Waals surface area contributed by atoms with Gasteiger partial charge in [0, 0.05) is 29.4 Å². The van der Waals surface area contributed by atoms with Gasteiger partial charge in [-0.3, -0.25) is 4.79 Å². The fraction of sp³-hybridized carbons (Fsp3) is 0.267. The summed E-state index contributed by atoms with van der Waals surface area (Å²) in [5.74, 6) is -0.0970. The molecule has 3 nitrogen and oxygen atoms in total. The SMILES string of the molecule is CN(CCC(=O)Nc1cc(Cl)ccc1Cl)Cc1ccc(Cl)s1. The molecule has 2 aromatic rings. The van der Waals surface area contributed by atoms with E-state index in [4.69, 9.17) is 34.8 Å². The van der Waals surface area contributed by atoms with Crippen LogP contribution in [0.5, 0.6) is 0 Å². The van der Waals surface area contributed by atoms with Crippen LogP contribution in [0, 0.1) is 0 Å². The maximum atomic E-state index is 12.0. The minimum atomic E-state index is -0.0970. The van der Waals surface area contributed by atoms with Gasteiger partial charge in [0.25, 0.3) is 0 Å². The second kappa shape index (κ2) is 8.18. The zero-order valence-electron chi connectivity index (χ0n) is 11.9. The molecule has 0 unspecified atom stereocenters. The Morgan fingerprint density at radius 2 is 2.00 bits per heavy atom. The number of amides is 1. The van der Waals surface area contributed by atoms with Gasteiger partial charge in [-0.2, -0.15) is 0 Å². The molecule has 2 rings (SSSR count). The molecule has 1 aromatic heterocycles. The highest BCUT2D eigenvalue weighted by Crippen LogP contribution is 2.25. The Morgan fingerprint density at radius 3 is 2.68 bits per heavy atom. The van der Waals surface area contributed by atoms with Crippen molar-refractivity contribution >= 4 is 57.7 Å². The highest BCUT2D eigenvalue weighted by Gasteiger charge is 2.09. The summed E-state index contributed by atoms with van der Waals surface area (Å²) in [6.45, 7) is 1.40. The Labute approximate surface area is 148 Å². The maximum absolute atomic E-state index is 12.0. The molecule has 0 atom stereocenters. The summed E-state index contributed by atoms with van der Waals surface area (Å²) in [5, 5.41) is 3.78. The third-order valence-corrected chi connectivity index (χ3v) is 4.76. The van der Waals surface area contributed by atoms with E-state index in [9.17, 15) is 4.79 Å². The molecule has 0 aliphatic rings. The molecule has 0 aliphatic carbocycles. The third-order valence-electron chi connectivity index (χ3n) is 2.98. The van der Waals surface area contributed by atoms with Gasteiger partial charge in [-0.25, -0.2) is 0 Å². The van der Waals surface area contributed by atoms with Crippen LogP contribution in [0.15, 0.2) is 30.3 Å². The molecule has 1 amide bonds. The fourth-order valence-corrected chi connectivity index (χ4v) is 3.38. The first-order valence-electron chi connectivity index (χ1n) is 6.61. The number of carbonyl (C=O) groups excluding carboxylic acids is 1. The molecule has 0 fully saturated rings. The van der Waals surface area contributed by atoms with Gasteiger partial charge < -0.3 is 10.2 Å². The summed E-state index contributed by atoms with van der Waals surface area (Å²) in [5.41, 5.74) is 0.534. The molecule has 0 saturated heterocycles. The van der Waals surface area contributed by atoms with Crippen LogP contribution in [0.3, 0.4) is 0 Å². The Balaban J connectivity index is 1.81. The minimum Gasteiger partial charge on any atom is -0.325 e. The van der Waals surface area contributed by atoms with Crippen LogP contribution in [0.2, 0.25) is 14.4 Å². The number of rotatable bonds is 6. The molecule has 0 bridgehead atoms. The fourth-order valence-electron chi connectivity index (χ4n) is 1.88. The molecular weight excluding hydrogens is 363 g/mol. The van der Waals surface area contributed by atoms with Crippen molar-refractivity contribution in [2.24, 2.45) is 0 Å². The molecule has 1 N–H and O–H groups in total. The summed E-state index contributed by atoms with van der Waals surface area (Å²) < 4.78 is 0.775. The number of nitrogens with zero attached hydrogens (tertiary/aromatic N) is 1. The first-order valence-corrected chi connectivity index (χ1v) is 8.57. The summed E-state index contributed by atoms with van der Waals surface area (Å²) in [6, 6.07) is 8.85. The number of nitrogens with one attached hydrogen (secondary N) is 1. The van der Waals surface area contributed by atoms with E-state index in [0.29, 0.717) is 28.7 Å². The van der Waals surface area contributed by atoms with E-state index in [1.165, 1.54) is 4.88 Å². The van der Waals surface area contributed by atoms with Crippen molar-refractivity contribution in [1.82, 2.24) is 4.90 Å². The summed E-state index contributed by atoms with van der Waals surface area (Å²) >= 11 is 19.4. The van der Waals surface area contributed by atoms with Crippen molar-refractivity contribution in [1.29, 1.82) is 0 Å². The molecule has 1 aromatic carbocycles. The largest absolute Gasteiger partial charge is 0.325 e. The normalized spacial score (nSPS) is 11.0. The smallest absolute Gasteiger partial charge is 0.225 e. The van der Waals surface area contributed by atoms with Crippen LogP contribution in [-0.4, -0.2) is 24.4 Å². The number of anilines is 1. The number of hydrogen-bond donors (Lipinski definition) is 1. The zero-order valence-corrected chi connectivity index (χ0v) is 15.0. The van der Waals surface area contributed by atoms with Gasteiger partial charge in [-0.1, -0.05) is 34.8 Å². The Morgan fingerprint density at radius 1 is 1.23 bits per heavy atom. The molecule has 118 valence electrons. The van der Waals surface area contributed by atoms with Gasteiger partial charge >= 0.3 is 0 Å². The van der Waals surface area contributed by atoms with E-state index in [0.717, 1.165) is 10.9 Å². The van der Waals surface area contributed by atoms with Gasteiger partial charge in [0.1, 0.15) is 0 Å². The van der Waals surface area contributed by atoms with Crippen molar-refractivity contribution in [3.63, 3.8) is 0 Å². The monoisotopic (exact) mass is 376 g/mol. The van der Waals surface area contributed by atoms with Crippen LogP contribution in [0.1, 0.15) is 11.3 Å². The minimum absolute atomic E-state index is 0.0970. The zero-order chi connectivity index (χ0) is 16.1. The van der Waals surface area contributed by atoms with Gasteiger partial charge in [0.15, 0.2) is 0 Å². The van der Waals surface area contributed by atoms with Crippen LogP contribution in [0.25, 0.3) is 0 Å². The van der Waals surface area contributed by atoms with Gasteiger partial charge in [-0.15, -0.1) is 11.3 Å². The quantitative estimate of drug-likeness (QED) is 0.753. The molecule has 0 radical (unpaired) electrons. The lowest BCUT2D eigenvalue weighted by molar-refractivity contribution is -0.116. The van der Waals surface area contributed by atoms with E-state index in [-0.39, 0.29) is 5.91 Å². The first kappa shape index (κ1) is 17.6. The molecule has 0 saturated carbocycles. The second-order valence-corrected chi connectivity index (χ2v) is 7.51. The molecule has 0 aliphatic heterocycles. The van der Waals surface area contributed by atoms with Crippen LogP contribution in [-0.2, 0) is 11.3 Å². The topological polar surface area (TPSA) is 32.3 Å². The third kappa shape index (κ3) is 5.45. The average molecular weight is 378 g/mol. The lowest BCUT2D eigenvalue weighted by Gasteiger charge is -2.15. The van der Waals surface area contributed by atoms with E-state index in [1.54, 1.807) is 29.5 Å². The molecular formula is C15H15Cl3N2OS. The lowest BCUT2D eigenvalue weighted by Crippen LogP contribution is -2.23. The van der Waals surface area contributed by atoms with Crippen molar-refractivity contribution in [3.05, 3.63) is 49.6 Å². The van der Waals surface area contributed by atoms with Gasteiger partial charge in [-0.05, 0) is 37.4 Å². The molecule has 1 heterocycles. The van der Waals surface area contributed by atoms with E-state index >= 15 is 0 Å². The van der Waals surface area contributed by atoms with Crippen molar-refractivity contribution < 1.29 is 4.79 Å². The van der Waals surface area contributed by atoms with Crippen molar-refractivity contribution in [3.8, 4) is 0 Å². The van der Waals surface area contributed by atoms with Crippen molar-refractivity contribution in [2.45, 2.75) is 13.0 Å². The molecule has 22 heavy (non-hydrogen) atoms. The van der Waals surface area contributed by atoms with Gasteiger partial charge in [0.05, 0.1) is 15.0 Å². The number of halogens is 3. The number of thiophene rings is 1. The van der Waals surface area contributed by atoms with Gasteiger partial charge in [0.2, 0.25) is 5.91 Å². The first-order chi connectivity index (χ1) is 10.4. The van der Waals surface area contributed by atoms with E-state index in [1.807, 2.05) is 19.2 Å². The van der Waals surface area contributed by atoms with Crippen LogP contribution in [0.4, 0.5) is 5.69 Å². The summed E-state index contributed by atoms with van der Waals surface area (Å²) in [6.07, 6.45) is 0.373. The van der Waals surface area contributed by atoms with Crippen molar-refractivity contribution in [2.75, 3.05) is 18.9 Å². The predicted octanol–water partition coefficient (Wildman–Crippen LogP) is 5.17. The Kier molecular flexibility index (Phi) is 6.53. The standard InChI is InChI=1S/C15H15Cl3N2OS/c1-20(9-11-3-5-14(18)22-11)7-6-15(21)19-13-8-10(16)2-4-12(13)17/h2-5,8H,6-7,9H2,1H3,(H,19,21). The number of hydrogen-bond acceptors (Lipinski definition) is 3. The lowest BCUT2D eigenvalue weighted by atomic mass is 10.3. The molecule has 7 heteroatoms. The number of benzene rings is 1. The van der Waals surface area contributed by atoms with E-state index in [2.05, 4.69) is 10.2 Å². The van der Waals surface area contributed by atoms with E-state index < -0.39 is 0 Å². The summed E-state index contributed by atoms with van der Waals surface area (Å²) in [7, 11) is 1.97. The summed E-state index contributed by atoms with van der Waals surface area (Å²) in [4.78, 5) is 15.2. The highest BCUT2D eigenvalue weighted by molar-refractivity contribution is 7.16. The predicted molar refractivity (Wildman–Crippen MR) is 95.4 cm³/mol. The second-order valence-electron chi connectivity index (χ2n) is 4.87. The van der Waals surface area contributed by atoms with Crippen LogP contribution < -0.4 is 5.32 Å². The number of carbonyl (C=O) groups is 1. The average Bonchev–Trinajstić information content (AvgIpc) is 2.86.